The van der Waals surface area contributed by atoms with Crippen LogP contribution in [0, 0.1) is 0 Å². The molecule has 3 aliphatic rings. The van der Waals surface area contributed by atoms with E-state index in [1.807, 2.05) is 0 Å². The molecule has 1 spiro atoms. The van der Waals surface area contributed by atoms with Gasteiger partial charge in [0.15, 0.2) is 0 Å². The Labute approximate surface area is 143 Å². The highest BCUT2D eigenvalue weighted by atomic mass is 16.5. The van der Waals surface area contributed by atoms with Gasteiger partial charge in [-0.25, -0.2) is 0 Å². The molecule has 0 saturated carbocycles. The number of ether oxygens (including phenoxy) is 1. The number of hydrogen-bond donors (Lipinski definition) is 1. The van der Waals surface area contributed by atoms with Gasteiger partial charge in [0.25, 0.3) is 0 Å². The number of likely N-dealkylation sites (tertiary alicyclic amines) is 1. The minimum absolute atomic E-state index is 0.0144. The van der Waals surface area contributed by atoms with Crippen molar-refractivity contribution in [3.8, 4) is 0 Å². The fourth-order valence-corrected chi connectivity index (χ4v) is 4.42. The topological polar surface area (TPSA) is 73.3 Å². The van der Waals surface area contributed by atoms with Crippen LogP contribution in [0.25, 0.3) is 0 Å². The lowest BCUT2D eigenvalue weighted by Gasteiger charge is -2.51. The first kappa shape index (κ1) is 17.6. The highest BCUT2D eigenvalue weighted by molar-refractivity contribution is 5.81. The third-order valence-electron chi connectivity index (χ3n) is 6.07. The van der Waals surface area contributed by atoms with Gasteiger partial charge in [0.1, 0.15) is 6.54 Å². The van der Waals surface area contributed by atoms with Gasteiger partial charge < -0.3 is 14.7 Å². The number of aliphatic carboxylic acids is 1. The van der Waals surface area contributed by atoms with E-state index in [4.69, 9.17) is 9.84 Å². The summed E-state index contributed by atoms with van der Waals surface area (Å²) in [5.41, 5.74) is -0.0144. The van der Waals surface area contributed by atoms with E-state index in [1.165, 1.54) is 4.90 Å². The lowest BCUT2D eigenvalue weighted by atomic mass is 9.85. The van der Waals surface area contributed by atoms with Gasteiger partial charge in [-0.3, -0.25) is 19.4 Å². The molecule has 3 fully saturated rings. The average Bonchev–Trinajstić information content (AvgIpc) is 2.72. The average molecular weight is 339 g/mol. The Morgan fingerprint density at radius 1 is 1.25 bits per heavy atom. The molecule has 3 saturated heterocycles. The molecule has 0 aliphatic carbocycles. The summed E-state index contributed by atoms with van der Waals surface area (Å²) in [6.45, 7) is 5.09. The van der Waals surface area contributed by atoms with Gasteiger partial charge in [-0.15, -0.1) is 0 Å². The predicted octanol–water partition coefficient (Wildman–Crippen LogP) is 0.249. The van der Waals surface area contributed by atoms with Crippen LogP contribution in [0.15, 0.2) is 0 Å². The maximum absolute atomic E-state index is 12.3. The molecule has 0 aromatic heterocycles. The lowest BCUT2D eigenvalue weighted by molar-refractivity contribution is -0.144. The molecular weight excluding hydrogens is 310 g/mol. The molecule has 3 heterocycles. The van der Waals surface area contributed by atoms with E-state index in [0.717, 1.165) is 58.5 Å². The highest BCUT2D eigenvalue weighted by Gasteiger charge is 2.43. The van der Waals surface area contributed by atoms with E-state index in [9.17, 15) is 9.59 Å². The number of carboxylic acid groups (broad SMARTS) is 1. The van der Waals surface area contributed by atoms with E-state index in [2.05, 4.69) is 16.8 Å². The van der Waals surface area contributed by atoms with Crippen LogP contribution in [0.2, 0.25) is 0 Å². The van der Waals surface area contributed by atoms with Gasteiger partial charge in [-0.2, -0.15) is 0 Å². The summed E-state index contributed by atoms with van der Waals surface area (Å²) in [7, 11) is 2.15. The molecule has 0 radical (unpaired) electrons. The zero-order valence-corrected chi connectivity index (χ0v) is 14.6. The Morgan fingerprint density at radius 3 is 2.71 bits per heavy atom. The minimum Gasteiger partial charge on any atom is -0.480 e. The highest BCUT2D eigenvalue weighted by Crippen LogP contribution is 2.33. The zero-order valence-electron chi connectivity index (χ0n) is 14.6. The number of rotatable bonds is 3. The molecule has 3 rings (SSSR count). The van der Waals surface area contributed by atoms with Gasteiger partial charge in [-0.05, 0) is 32.7 Å². The monoisotopic (exact) mass is 339 g/mol. The number of amides is 1. The molecule has 0 bridgehead atoms. The van der Waals surface area contributed by atoms with E-state index >= 15 is 0 Å². The Hall–Kier alpha value is -1.18. The Bertz CT molecular complexity index is 480. The molecule has 136 valence electrons. The largest absolute Gasteiger partial charge is 0.480 e. The SMILES string of the molecule is CN1CCN(C2CCOCC2)C[C@@]12CCC(=O)N(CC(=O)O)CC2. The Kier molecular flexibility index (Phi) is 5.42. The zero-order chi connectivity index (χ0) is 17.2. The summed E-state index contributed by atoms with van der Waals surface area (Å²) in [5.74, 6) is -0.953. The summed E-state index contributed by atoms with van der Waals surface area (Å²) in [6, 6.07) is 0.582. The third kappa shape index (κ3) is 3.73. The van der Waals surface area contributed by atoms with Crippen LogP contribution in [0.3, 0.4) is 0 Å². The van der Waals surface area contributed by atoms with Crippen LogP contribution < -0.4 is 0 Å². The van der Waals surface area contributed by atoms with E-state index in [0.29, 0.717) is 19.0 Å². The van der Waals surface area contributed by atoms with Gasteiger partial charge in [0.05, 0.1) is 0 Å². The van der Waals surface area contributed by atoms with E-state index in [1.54, 1.807) is 0 Å². The number of carboxylic acids is 1. The van der Waals surface area contributed by atoms with Crippen molar-refractivity contribution in [2.24, 2.45) is 0 Å². The molecule has 3 aliphatic heterocycles. The van der Waals surface area contributed by atoms with Crippen LogP contribution in [0.4, 0.5) is 0 Å². The fraction of sp³-hybridized carbons (Fsp3) is 0.882. The Balaban J connectivity index is 1.69. The molecule has 0 aromatic rings. The van der Waals surface area contributed by atoms with Gasteiger partial charge in [-0.1, -0.05) is 0 Å². The summed E-state index contributed by atoms with van der Waals surface area (Å²) in [5, 5.41) is 9.02. The molecule has 7 heteroatoms. The number of piperazine rings is 1. The lowest BCUT2D eigenvalue weighted by Crippen LogP contribution is -2.63. The van der Waals surface area contributed by atoms with Crippen LogP contribution in [-0.4, -0.2) is 96.2 Å². The quantitative estimate of drug-likeness (QED) is 0.795. The maximum atomic E-state index is 12.3. The van der Waals surface area contributed by atoms with Crippen LogP contribution >= 0.6 is 0 Å². The van der Waals surface area contributed by atoms with Crippen molar-refractivity contribution in [3.05, 3.63) is 0 Å². The van der Waals surface area contributed by atoms with Crippen molar-refractivity contribution >= 4 is 11.9 Å². The standard InChI is InChI=1S/C17H29N3O4/c1-18-8-9-20(14-3-10-24-11-4-14)13-17(18)5-2-15(21)19(7-6-17)12-16(22)23/h14H,2-13H2,1H3,(H,22,23)/t17-/m0/s1. The van der Waals surface area contributed by atoms with Gasteiger partial charge in [0.2, 0.25) is 5.91 Å². The molecule has 0 aromatic carbocycles. The van der Waals surface area contributed by atoms with Crippen molar-refractivity contribution < 1.29 is 19.4 Å². The second-order valence-electron chi connectivity index (χ2n) is 7.42. The smallest absolute Gasteiger partial charge is 0.323 e. The van der Waals surface area contributed by atoms with Gasteiger partial charge >= 0.3 is 5.97 Å². The molecule has 1 amide bonds. The number of carbonyl (C=O) groups is 2. The molecule has 1 N–H and O–H groups in total. The second-order valence-corrected chi connectivity index (χ2v) is 7.42. The third-order valence-corrected chi connectivity index (χ3v) is 6.07. The van der Waals surface area contributed by atoms with Crippen molar-refractivity contribution in [2.75, 3.05) is 53.0 Å². The number of carbonyl (C=O) groups excluding carboxylic acids is 1. The van der Waals surface area contributed by atoms with Crippen LogP contribution in [0.5, 0.6) is 0 Å². The molecule has 1 atom stereocenters. The minimum atomic E-state index is -0.930. The van der Waals surface area contributed by atoms with Crippen molar-refractivity contribution in [3.63, 3.8) is 0 Å². The number of likely N-dealkylation sites (N-methyl/N-ethyl adjacent to an activating group) is 1. The van der Waals surface area contributed by atoms with Crippen LogP contribution in [-0.2, 0) is 14.3 Å². The molecular formula is C17H29N3O4. The normalized spacial score (nSPS) is 31.4. The van der Waals surface area contributed by atoms with Crippen molar-refractivity contribution in [2.45, 2.75) is 43.7 Å². The fourth-order valence-electron chi connectivity index (χ4n) is 4.42. The maximum Gasteiger partial charge on any atom is 0.323 e. The first-order valence-corrected chi connectivity index (χ1v) is 9.03. The summed E-state index contributed by atoms with van der Waals surface area (Å²) in [6.07, 6.45) is 4.29. The first-order chi connectivity index (χ1) is 11.5. The number of hydrogen-bond acceptors (Lipinski definition) is 5. The predicted molar refractivity (Wildman–Crippen MR) is 88.8 cm³/mol. The summed E-state index contributed by atoms with van der Waals surface area (Å²) < 4.78 is 5.49. The first-order valence-electron chi connectivity index (χ1n) is 9.03. The van der Waals surface area contributed by atoms with Crippen molar-refractivity contribution in [1.29, 1.82) is 0 Å². The van der Waals surface area contributed by atoms with Crippen molar-refractivity contribution in [1.82, 2.24) is 14.7 Å². The summed E-state index contributed by atoms with van der Waals surface area (Å²) >= 11 is 0. The van der Waals surface area contributed by atoms with E-state index < -0.39 is 5.97 Å². The van der Waals surface area contributed by atoms with E-state index in [-0.39, 0.29) is 18.0 Å². The molecule has 0 unspecified atom stereocenters. The molecule has 7 nitrogen and oxygen atoms in total. The summed E-state index contributed by atoms with van der Waals surface area (Å²) in [4.78, 5) is 29.8. The Morgan fingerprint density at radius 2 is 2.00 bits per heavy atom. The number of nitrogens with zero attached hydrogens (tertiary/aromatic N) is 3. The van der Waals surface area contributed by atoms with Crippen LogP contribution in [0.1, 0.15) is 32.1 Å². The second kappa shape index (κ2) is 7.37. The van der Waals surface area contributed by atoms with Gasteiger partial charge in [0, 0.05) is 57.4 Å². The molecule has 24 heavy (non-hydrogen) atoms.